The van der Waals surface area contributed by atoms with Crippen LogP contribution >= 0.6 is 11.5 Å². The molecule has 2 aliphatic carbocycles. The highest BCUT2D eigenvalue weighted by molar-refractivity contribution is 7.03. The van der Waals surface area contributed by atoms with E-state index in [2.05, 4.69) is 14.9 Å². The van der Waals surface area contributed by atoms with Gasteiger partial charge in [0.25, 0.3) is 5.91 Å². The minimum absolute atomic E-state index is 0.0109. The molecule has 7 nitrogen and oxygen atoms in total. The maximum absolute atomic E-state index is 13.7. The number of amides is 2. The Morgan fingerprint density at radius 3 is 2.55 bits per heavy atom. The molecular weight excluding hydrogens is 412 g/mol. The lowest BCUT2D eigenvalue weighted by Gasteiger charge is -2.36. The number of para-hydroxylation sites is 1. The van der Waals surface area contributed by atoms with E-state index < -0.39 is 6.04 Å². The fraction of sp³-hybridized carbons (Fsp3) is 0.565. The second kappa shape index (κ2) is 10.2. The molecular formula is C23H30N4O3S. The van der Waals surface area contributed by atoms with Crippen molar-refractivity contribution in [3.8, 4) is 5.75 Å². The number of benzene rings is 1. The number of hydrogen-bond donors (Lipinski definition) is 1. The summed E-state index contributed by atoms with van der Waals surface area (Å²) in [6.07, 6.45) is 8.09. The highest BCUT2D eigenvalue weighted by Gasteiger charge is 2.40. The Morgan fingerprint density at radius 2 is 1.87 bits per heavy atom. The molecule has 166 valence electrons. The maximum Gasteiger partial charge on any atom is 0.276 e. The second-order valence-electron chi connectivity index (χ2n) is 8.30. The topological polar surface area (TPSA) is 84.4 Å². The summed E-state index contributed by atoms with van der Waals surface area (Å²) in [7, 11) is 0. The second-order valence-corrected chi connectivity index (χ2v) is 8.91. The molecule has 0 unspecified atom stereocenters. The van der Waals surface area contributed by atoms with Gasteiger partial charge in [-0.05, 0) is 50.2 Å². The normalized spacial score (nSPS) is 18.1. The van der Waals surface area contributed by atoms with Crippen molar-refractivity contribution in [1.82, 2.24) is 19.8 Å². The molecule has 1 heterocycles. The third-order valence-electron chi connectivity index (χ3n) is 6.27. The minimum atomic E-state index is -0.763. The Hall–Kier alpha value is -2.48. The van der Waals surface area contributed by atoms with Gasteiger partial charge in [0.1, 0.15) is 11.8 Å². The van der Waals surface area contributed by atoms with Gasteiger partial charge in [-0.2, -0.15) is 0 Å². The van der Waals surface area contributed by atoms with Crippen LogP contribution < -0.4 is 10.1 Å². The first kappa shape index (κ1) is 21.7. The summed E-state index contributed by atoms with van der Waals surface area (Å²) >= 11 is 1.15. The predicted octanol–water partition coefficient (Wildman–Crippen LogP) is 4.12. The van der Waals surface area contributed by atoms with E-state index in [1.54, 1.807) is 10.3 Å². The van der Waals surface area contributed by atoms with Crippen molar-refractivity contribution in [2.24, 2.45) is 0 Å². The van der Waals surface area contributed by atoms with Gasteiger partial charge in [0.2, 0.25) is 5.91 Å². The first-order valence-corrected chi connectivity index (χ1v) is 12.1. The predicted molar refractivity (Wildman–Crippen MR) is 119 cm³/mol. The molecule has 2 saturated carbocycles. The van der Waals surface area contributed by atoms with Gasteiger partial charge in [-0.1, -0.05) is 48.4 Å². The number of rotatable bonds is 8. The van der Waals surface area contributed by atoms with Crippen LogP contribution in [0.25, 0.3) is 0 Å². The van der Waals surface area contributed by atoms with Crippen LogP contribution in [0, 0.1) is 0 Å². The molecule has 0 spiro atoms. The van der Waals surface area contributed by atoms with Crippen molar-refractivity contribution in [1.29, 1.82) is 0 Å². The van der Waals surface area contributed by atoms with E-state index in [1.807, 2.05) is 31.2 Å². The molecule has 31 heavy (non-hydrogen) atoms. The number of carbonyl (C=O) groups is 2. The Balaban J connectivity index is 1.76. The van der Waals surface area contributed by atoms with E-state index >= 15 is 0 Å². The Bertz CT molecular complexity index is 877. The quantitative estimate of drug-likeness (QED) is 0.665. The lowest BCUT2D eigenvalue weighted by molar-refractivity contribution is -0.127. The fourth-order valence-corrected chi connectivity index (χ4v) is 5.26. The fourth-order valence-electron chi connectivity index (χ4n) is 4.83. The average Bonchev–Trinajstić information content (AvgIpc) is 3.56. The molecule has 0 bridgehead atoms. The van der Waals surface area contributed by atoms with Crippen molar-refractivity contribution in [3.05, 3.63) is 40.9 Å². The van der Waals surface area contributed by atoms with Crippen molar-refractivity contribution < 1.29 is 14.3 Å². The number of nitrogens with zero attached hydrogens (tertiary/aromatic N) is 3. The van der Waals surface area contributed by atoms with Crippen LogP contribution in [0.15, 0.2) is 29.6 Å². The van der Waals surface area contributed by atoms with Gasteiger partial charge in [0, 0.05) is 23.0 Å². The Morgan fingerprint density at radius 1 is 1.16 bits per heavy atom. The van der Waals surface area contributed by atoms with Crippen LogP contribution in [0.4, 0.5) is 0 Å². The van der Waals surface area contributed by atoms with E-state index in [0.717, 1.165) is 68.5 Å². The first-order chi connectivity index (χ1) is 15.2. The number of hydrogen-bond acceptors (Lipinski definition) is 6. The molecule has 1 atom stereocenters. The molecule has 2 amide bonds. The highest BCUT2D eigenvalue weighted by Crippen LogP contribution is 2.37. The summed E-state index contributed by atoms with van der Waals surface area (Å²) in [6, 6.07) is 6.95. The minimum Gasteiger partial charge on any atom is -0.494 e. The zero-order valence-corrected chi connectivity index (χ0v) is 18.8. The monoisotopic (exact) mass is 442 g/mol. The SMILES string of the molecule is CCOc1ccccc1[C@@H](C(=O)NC1CCCC1)N(C(=O)c1csnn1)C1CCCC1. The molecule has 1 N–H and O–H groups in total. The van der Waals surface area contributed by atoms with Crippen molar-refractivity contribution in [2.75, 3.05) is 6.61 Å². The van der Waals surface area contributed by atoms with Gasteiger partial charge in [-0.25, -0.2) is 0 Å². The smallest absolute Gasteiger partial charge is 0.276 e. The van der Waals surface area contributed by atoms with E-state index in [-0.39, 0.29) is 23.9 Å². The van der Waals surface area contributed by atoms with Crippen molar-refractivity contribution in [2.45, 2.75) is 76.4 Å². The standard InChI is InChI=1S/C23H30N4O3S/c1-2-30-20-14-8-7-13-18(20)21(22(28)24-16-9-3-4-10-16)27(17-11-5-6-12-17)23(29)19-15-31-26-25-19/h7-8,13-17,21H,2-6,9-12H2,1H3,(H,24,28)/t21-/m0/s1. The third kappa shape index (κ3) is 4.89. The molecule has 1 aromatic carbocycles. The van der Waals surface area contributed by atoms with Crippen molar-refractivity contribution >= 4 is 23.3 Å². The number of aromatic nitrogens is 2. The van der Waals surface area contributed by atoms with Gasteiger partial charge in [0.05, 0.1) is 6.61 Å². The molecule has 4 rings (SSSR count). The zero-order chi connectivity index (χ0) is 21.6. The van der Waals surface area contributed by atoms with E-state index in [0.29, 0.717) is 18.1 Å². The molecule has 0 saturated heterocycles. The first-order valence-electron chi connectivity index (χ1n) is 11.3. The molecule has 2 fully saturated rings. The maximum atomic E-state index is 13.7. The molecule has 2 aliphatic rings. The summed E-state index contributed by atoms with van der Waals surface area (Å²) in [5, 5.41) is 8.91. The van der Waals surface area contributed by atoms with E-state index in [4.69, 9.17) is 4.74 Å². The summed E-state index contributed by atoms with van der Waals surface area (Å²) in [5.74, 6) is 0.268. The van der Waals surface area contributed by atoms with Gasteiger partial charge < -0.3 is 15.0 Å². The number of nitrogens with one attached hydrogen (secondary N) is 1. The van der Waals surface area contributed by atoms with Crippen LogP contribution in [-0.4, -0.2) is 45.0 Å². The van der Waals surface area contributed by atoms with Crippen LogP contribution in [0.5, 0.6) is 5.75 Å². The molecule has 0 aliphatic heterocycles. The molecule has 8 heteroatoms. The van der Waals surface area contributed by atoms with Crippen LogP contribution in [-0.2, 0) is 4.79 Å². The van der Waals surface area contributed by atoms with Crippen LogP contribution in [0.3, 0.4) is 0 Å². The third-order valence-corrected chi connectivity index (χ3v) is 6.78. The van der Waals surface area contributed by atoms with Crippen LogP contribution in [0.2, 0.25) is 0 Å². The lowest BCUT2D eigenvalue weighted by atomic mass is 9.99. The molecule has 1 aromatic heterocycles. The number of carbonyl (C=O) groups excluding carboxylic acids is 2. The Kier molecular flexibility index (Phi) is 7.17. The summed E-state index contributed by atoms with van der Waals surface area (Å²) in [4.78, 5) is 29.1. The largest absolute Gasteiger partial charge is 0.494 e. The summed E-state index contributed by atoms with van der Waals surface area (Å²) in [5.41, 5.74) is 1.02. The average molecular weight is 443 g/mol. The zero-order valence-electron chi connectivity index (χ0n) is 18.0. The van der Waals surface area contributed by atoms with Gasteiger partial charge in [-0.3, -0.25) is 9.59 Å². The lowest BCUT2D eigenvalue weighted by Crippen LogP contribution is -2.49. The van der Waals surface area contributed by atoms with Crippen molar-refractivity contribution in [3.63, 3.8) is 0 Å². The van der Waals surface area contributed by atoms with Gasteiger partial charge in [0.15, 0.2) is 5.69 Å². The van der Waals surface area contributed by atoms with Gasteiger partial charge in [-0.15, -0.1) is 5.10 Å². The molecule has 0 radical (unpaired) electrons. The molecule has 2 aromatic rings. The van der Waals surface area contributed by atoms with Gasteiger partial charge >= 0.3 is 0 Å². The highest BCUT2D eigenvalue weighted by atomic mass is 32.1. The summed E-state index contributed by atoms with van der Waals surface area (Å²) < 4.78 is 9.76. The summed E-state index contributed by atoms with van der Waals surface area (Å²) in [6.45, 7) is 2.41. The van der Waals surface area contributed by atoms with E-state index in [1.165, 1.54) is 0 Å². The Labute approximate surface area is 187 Å². The van der Waals surface area contributed by atoms with Crippen LogP contribution in [0.1, 0.15) is 80.4 Å². The number of ether oxygens (including phenoxy) is 1. The van der Waals surface area contributed by atoms with E-state index in [9.17, 15) is 9.59 Å².